The minimum atomic E-state index is -3.58. The number of hydrogen-bond donors (Lipinski definition) is 1. The SMILES string of the molecule is Cc1ccc(OCC(=O)N2CCN(S(=O)(=O)c3ccc(N)cc3)CC2)cc1. The number of sulfonamides is 1. The Morgan fingerprint density at radius 3 is 2.19 bits per heavy atom. The molecule has 2 aromatic rings. The number of anilines is 1. The smallest absolute Gasteiger partial charge is 0.260 e. The number of piperazine rings is 1. The van der Waals surface area contributed by atoms with E-state index in [1.54, 1.807) is 17.0 Å². The van der Waals surface area contributed by atoms with Gasteiger partial charge in [-0.2, -0.15) is 4.31 Å². The zero-order valence-corrected chi connectivity index (χ0v) is 16.0. The topological polar surface area (TPSA) is 92.9 Å². The molecule has 2 N–H and O–H groups in total. The molecule has 1 aliphatic rings. The van der Waals surface area contributed by atoms with Gasteiger partial charge in [0.2, 0.25) is 10.0 Å². The average Bonchev–Trinajstić information content (AvgIpc) is 2.68. The van der Waals surface area contributed by atoms with E-state index < -0.39 is 10.0 Å². The van der Waals surface area contributed by atoms with Crippen molar-refractivity contribution >= 4 is 21.6 Å². The fourth-order valence-electron chi connectivity index (χ4n) is 2.84. The van der Waals surface area contributed by atoms with Gasteiger partial charge in [0.1, 0.15) is 5.75 Å². The lowest BCUT2D eigenvalue weighted by molar-refractivity contribution is -0.134. The van der Waals surface area contributed by atoms with Crippen LogP contribution in [0.4, 0.5) is 5.69 Å². The van der Waals surface area contributed by atoms with E-state index in [1.807, 2.05) is 31.2 Å². The molecule has 7 nitrogen and oxygen atoms in total. The summed E-state index contributed by atoms with van der Waals surface area (Å²) in [6, 6.07) is 13.6. The Labute approximate surface area is 159 Å². The second-order valence-corrected chi connectivity index (χ2v) is 8.39. The average molecular weight is 389 g/mol. The van der Waals surface area contributed by atoms with Gasteiger partial charge in [0.25, 0.3) is 5.91 Å². The van der Waals surface area contributed by atoms with E-state index >= 15 is 0 Å². The lowest BCUT2D eigenvalue weighted by Gasteiger charge is -2.34. The number of benzene rings is 2. The summed E-state index contributed by atoms with van der Waals surface area (Å²) >= 11 is 0. The number of carbonyl (C=O) groups excluding carboxylic acids is 1. The van der Waals surface area contributed by atoms with E-state index in [0.29, 0.717) is 24.5 Å². The zero-order chi connectivity index (χ0) is 19.4. The molecule has 0 atom stereocenters. The molecule has 3 rings (SSSR count). The van der Waals surface area contributed by atoms with Crippen LogP contribution in [0.5, 0.6) is 5.75 Å². The molecular formula is C19H23N3O4S. The molecule has 1 fully saturated rings. The van der Waals surface area contributed by atoms with E-state index in [1.165, 1.54) is 16.4 Å². The van der Waals surface area contributed by atoms with Crippen LogP contribution in [0.15, 0.2) is 53.4 Å². The zero-order valence-electron chi connectivity index (χ0n) is 15.2. The van der Waals surface area contributed by atoms with E-state index in [-0.39, 0.29) is 30.5 Å². The predicted octanol–water partition coefficient (Wildman–Crippen LogP) is 1.49. The monoisotopic (exact) mass is 389 g/mol. The normalized spacial score (nSPS) is 15.5. The van der Waals surface area contributed by atoms with Crippen LogP contribution in [0, 0.1) is 6.92 Å². The molecule has 0 spiro atoms. The quantitative estimate of drug-likeness (QED) is 0.782. The summed E-state index contributed by atoms with van der Waals surface area (Å²) < 4.78 is 32.2. The molecular weight excluding hydrogens is 366 g/mol. The molecule has 27 heavy (non-hydrogen) atoms. The Morgan fingerprint density at radius 2 is 1.59 bits per heavy atom. The van der Waals surface area contributed by atoms with Gasteiger partial charge in [-0.05, 0) is 43.3 Å². The molecule has 8 heteroatoms. The van der Waals surface area contributed by atoms with E-state index in [2.05, 4.69) is 0 Å². The maximum absolute atomic E-state index is 12.7. The Bertz CT molecular complexity index is 888. The predicted molar refractivity (Wildman–Crippen MR) is 103 cm³/mol. The number of nitrogen functional groups attached to an aromatic ring is 1. The van der Waals surface area contributed by atoms with Gasteiger partial charge in [-0.1, -0.05) is 17.7 Å². The lowest BCUT2D eigenvalue weighted by Crippen LogP contribution is -2.51. The van der Waals surface area contributed by atoms with Gasteiger partial charge >= 0.3 is 0 Å². The molecule has 1 saturated heterocycles. The van der Waals surface area contributed by atoms with Crippen molar-refractivity contribution in [3.05, 3.63) is 54.1 Å². The van der Waals surface area contributed by atoms with Crippen molar-refractivity contribution in [1.29, 1.82) is 0 Å². The molecule has 2 aromatic carbocycles. The van der Waals surface area contributed by atoms with Gasteiger partial charge in [-0.25, -0.2) is 8.42 Å². The van der Waals surface area contributed by atoms with E-state index in [0.717, 1.165) is 5.56 Å². The van der Waals surface area contributed by atoms with Crippen LogP contribution in [0.1, 0.15) is 5.56 Å². The van der Waals surface area contributed by atoms with Crippen molar-refractivity contribution in [1.82, 2.24) is 9.21 Å². The molecule has 0 aromatic heterocycles. The number of carbonyl (C=O) groups is 1. The van der Waals surface area contributed by atoms with Crippen LogP contribution in [-0.4, -0.2) is 56.3 Å². The second-order valence-electron chi connectivity index (χ2n) is 6.46. The minimum Gasteiger partial charge on any atom is -0.484 e. The highest BCUT2D eigenvalue weighted by Crippen LogP contribution is 2.19. The standard InChI is InChI=1S/C19H23N3O4S/c1-15-2-6-17(7-3-15)26-14-19(23)21-10-12-22(13-11-21)27(24,25)18-8-4-16(20)5-9-18/h2-9H,10-14,20H2,1H3. The molecule has 0 bridgehead atoms. The number of aryl methyl sites for hydroxylation is 1. The maximum Gasteiger partial charge on any atom is 0.260 e. The van der Waals surface area contributed by atoms with Crippen molar-refractivity contribution in [3.63, 3.8) is 0 Å². The summed E-state index contributed by atoms with van der Waals surface area (Å²) in [5, 5.41) is 0. The number of hydrogen-bond acceptors (Lipinski definition) is 5. The maximum atomic E-state index is 12.7. The molecule has 0 unspecified atom stereocenters. The highest BCUT2D eigenvalue weighted by atomic mass is 32.2. The first-order valence-electron chi connectivity index (χ1n) is 8.69. The summed E-state index contributed by atoms with van der Waals surface area (Å²) in [6.07, 6.45) is 0. The molecule has 0 saturated carbocycles. The molecule has 0 aliphatic carbocycles. The van der Waals surface area contributed by atoms with Crippen molar-refractivity contribution < 1.29 is 17.9 Å². The first-order chi connectivity index (χ1) is 12.9. The highest BCUT2D eigenvalue weighted by Gasteiger charge is 2.30. The molecule has 144 valence electrons. The molecule has 1 heterocycles. The third-order valence-corrected chi connectivity index (χ3v) is 6.41. The first kappa shape index (κ1) is 19.2. The van der Waals surface area contributed by atoms with Gasteiger partial charge in [-0.15, -0.1) is 0 Å². The number of nitrogens with two attached hydrogens (primary N) is 1. The summed E-state index contributed by atoms with van der Waals surface area (Å²) in [6.45, 7) is 3.10. The van der Waals surface area contributed by atoms with Crippen molar-refractivity contribution in [3.8, 4) is 5.75 Å². The van der Waals surface area contributed by atoms with Crippen LogP contribution in [0.2, 0.25) is 0 Å². The van der Waals surface area contributed by atoms with Crippen LogP contribution in [-0.2, 0) is 14.8 Å². The summed E-state index contributed by atoms with van der Waals surface area (Å²) in [4.78, 5) is 14.2. The number of ether oxygens (including phenoxy) is 1. The first-order valence-corrected chi connectivity index (χ1v) is 10.1. The second kappa shape index (κ2) is 7.98. The van der Waals surface area contributed by atoms with Gasteiger partial charge in [-0.3, -0.25) is 4.79 Å². The molecule has 0 radical (unpaired) electrons. The Morgan fingerprint density at radius 1 is 1.00 bits per heavy atom. The Hall–Kier alpha value is -2.58. The van der Waals surface area contributed by atoms with Crippen LogP contribution in [0.25, 0.3) is 0 Å². The summed E-state index contributed by atoms with van der Waals surface area (Å²) in [5.41, 5.74) is 7.24. The van der Waals surface area contributed by atoms with Crippen LogP contribution < -0.4 is 10.5 Å². The van der Waals surface area contributed by atoms with E-state index in [9.17, 15) is 13.2 Å². The Balaban J connectivity index is 1.54. The van der Waals surface area contributed by atoms with Crippen LogP contribution >= 0.6 is 0 Å². The fraction of sp³-hybridized carbons (Fsp3) is 0.316. The summed E-state index contributed by atoms with van der Waals surface area (Å²) in [5.74, 6) is 0.485. The number of amides is 1. The number of nitrogens with zero attached hydrogens (tertiary/aromatic N) is 2. The van der Waals surface area contributed by atoms with Gasteiger partial charge in [0, 0.05) is 31.9 Å². The minimum absolute atomic E-state index is 0.0617. The van der Waals surface area contributed by atoms with E-state index in [4.69, 9.17) is 10.5 Å². The number of rotatable bonds is 5. The molecule has 1 aliphatic heterocycles. The highest BCUT2D eigenvalue weighted by molar-refractivity contribution is 7.89. The van der Waals surface area contributed by atoms with Gasteiger partial charge in [0.05, 0.1) is 4.90 Å². The van der Waals surface area contributed by atoms with Gasteiger partial charge < -0.3 is 15.4 Å². The Kier molecular flexibility index (Phi) is 5.67. The van der Waals surface area contributed by atoms with Gasteiger partial charge in [0.15, 0.2) is 6.61 Å². The molecule has 1 amide bonds. The van der Waals surface area contributed by atoms with Crippen molar-refractivity contribution in [2.24, 2.45) is 0 Å². The van der Waals surface area contributed by atoms with Crippen LogP contribution in [0.3, 0.4) is 0 Å². The third kappa shape index (κ3) is 4.58. The van der Waals surface area contributed by atoms with Crippen molar-refractivity contribution in [2.75, 3.05) is 38.5 Å². The lowest BCUT2D eigenvalue weighted by atomic mass is 10.2. The largest absolute Gasteiger partial charge is 0.484 e. The third-order valence-electron chi connectivity index (χ3n) is 4.49. The van der Waals surface area contributed by atoms with Crippen molar-refractivity contribution in [2.45, 2.75) is 11.8 Å². The summed E-state index contributed by atoms with van der Waals surface area (Å²) in [7, 11) is -3.58. The fourth-order valence-corrected chi connectivity index (χ4v) is 4.26.